The second kappa shape index (κ2) is 6.17. The first-order valence-corrected chi connectivity index (χ1v) is 7.14. The maximum absolute atomic E-state index is 5.71. The highest BCUT2D eigenvalue weighted by Gasteiger charge is 2.29. The Balaban J connectivity index is 1.73. The fourth-order valence-electron chi connectivity index (χ4n) is 2.78. The third-order valence-electron chi connectivity index (χ3n) is 4.34. The van der Waals surface area contributed by atoms with Gasteiger partial charge in [-0.1, -0.05) is 13.8 Å². The standard InChI is InChI=1S/C14H27NO2/c1-3-13-10-12(4-7-17-13)15-11-14(2)5-8-16-9-6-14/h12-13,15H,3-11H2,1-2H3. The first kappa shape index (κ1) is 13.3. The number of nitrogens with one attached hydrogen (secondary N) is 1. The van der Waals surface area contributed by atoms with Crippen molar-refractivity contribution < 1.29 is 9.47 Å². The van der Waals surface area contributed by atoms with Gasteiger partial charge in [-0.2, -0.15) is 0 Å². The van der Waals surface area contributed by atoms with Crippen LogP contribution in [0.1, 0.15) is 46.0 Å². The Morgan fingerprint density at radius 2 is 2.00 bits per heavy atom. The number of rotatable bonds is 4. The van der Waals surface area contributed by atoms with Crippen molar-refractivity contribution in [1.29, 1.82) is 0 Å². The van der Waals surface area contributed by atoms with E-state index in [1.807, 2.05) is 0 Å². The molecule has 2 fully saturated rings. The fourth-order valence-corrected chi connectivity index (χ4v) is 2.78. The Labute approximate surface area is 105 Å². The Morgan fingerprint density at radius 1 is 1.24 bits per heavy atom. The summed E-state index contributed by atoms with van der Waals surface area (Å²) in [6.07, 6.45) is 6.36. The normalized spacial score (nSPS) is 33.5. The second-order valence-corrected chi connectivity index (χ2v) is 5.93. The molecule has 17 heavy (non-hydrogen) atoms. The van der Waals surface area contributed by atoms with Crippen LogP contribution in [0.25, 0.3) is 0 Å². The molecule has 2 rings (SSSR count). The van der Waals surface area contributed by atoms with Gasteiger partial charge < -0.3 is 14.8 Å². The molecule has 0 aliphatic carbocycles. The lowest BCUT2D eigenvalue weighted by atomic mass is 9.82. The van der Waals surface area contributed by atoms with Crippen LogP contribution in [-0.2, 0) is 9.47 Å². The van der Waals surface area contributed by atoms with Gasteiger partial charge in [0.1, 0.15) is 0 Å². The third kappa shape index (κ3) is 3.94. The van der Waals surface area contributed by atoms with Gasteiger partial charge in [-0.15, -0.1) is 0 Å². The molecule has 2 atom stereocenters. The topological polar surface area (TPSA) is 30.5 Å². The van der Waals surface area contributed by atoms with Crippen molar-refractivity contribution in [2.45, 2.75) is 58.1 Å². The molecule has 2 saturated heterocycles. The molecule has 0 amide bonds. The zero-order chi connectivity index (χ0) is 12.1. The first-order chi connectivity index (χ1) is 8.22. The maximum Gasteiger partial charge on any atom is 0.0587 e. The van der Waals surface area contributed by atoms with E-state index in [4.69, 9.17) is 9.47 Å². The van der Waals surface area contributed by atoms with Crippen molar-refractivity contribution >= 4 is 0 Å². The molecule has 3 nitrogen and oxygen atoms in total. The highest BCUT2D eigenvalue weighted by molar-refractivity contribution is 4.83. The largest absolute Gasteiger partial charge is 0.381 e. The molecule has 0 aromatic carbocycles. The van der Waals surface area contributed by atoms with E-state index in [0.29, 0.717) is 17.6 Å². The van der Waals surface area contributed by atoms with E-state index in [1.54, 1.807) is 0 Å². The van der Waals surface area contributed by atoms with E-state index < -0.39 is 0 Å². The summed E-state index contributed by atoms with van der Waals surface area (Å²) in [5.41, 5.74) is 0.443. The molecule has 0 aromatic heterocycles. The highest BCUT2D eigenvalue weighted by Crippen LogP contribution is 2.29. The lowest BCUT2D eigenvalue weighted by Gasteiger charge is -2.37. The van der Waals surface area contributed by atoms with Crippen molar-refractivity contribution in [3.8, 4) is 0 Å². The average molecular weight is 241 g/mol. The molecule has 0 aromatic rings. The van der Waals surface area contributed by atoms with Crippen molar-refractivity contribution in [2.75, 3.05) is 26.4 Å². The van der Waals surface area contributed by atoms with Crippen molar-refractivity contribution in [3.63, 3.8) is 0 Å². The monoisotopic (exact) mass is 241 g/mol. The second-order valence-electron chi connectivity index (χ2n) is 5.93. The van der Waals surface area contributed by atoms with Crippen molar-refractivity contribution in [1.82, 2.24) is 5.32 Å². The van der Waals surface area contributed by atoms with Gasteiger partial charge in [0.05, 0.1) is 6.10 Å². The Morgan fingerprint density at radius 3 is 2.71 bits per heavy atom. The lowest BCUT2D eigenvalue weighted by Crippen LogP contribution is -2.45. The average Bonchev–Trinajstić information content (AvgIpc) is 2.38. The zero-order valence-corrected chi connectivity index (χ0v) is 11.3. The maximum atomic E-state index is 5.71. The molecule has 3 heteroatoms. The van der Waals surface area contributed by atoms with Crippen LogP contribution in [-0.4, -0.2) is 38.5 Å². The minimum Gasteiger partial charge on any atom is -0.381 e. The SMILES string of the molecule is CCC1CC(NCC2(C)CCOCC2)CCO1. The Kier molecular flexibility index (Phi) is 4.83. The van der Waals surface area contributed by atoms with E-state index in [2.05, 4.69) is 19.2 Å². The van der Waals surface area contributed by atoms with E-state index in [0.717, 1.165) is 32.8 Å². The molecule has 0 bridgehead atoms. The summed E-state index contributed by atoms with van der Waals surface area (Å²) in [7, 11) is 0. The molecular formula is C14H27NO2. The summed E-state index contributed by atoms with van der Waals surface area (Å²) in [6, 6.07) is 0.661. The van der Waals surface area contributed by atoms with Crippen LogP contribution in [0.4, 0.5) is 0 Å². The van der Waals surface area contributed by atoms with Crippen LogP contribution < -0.4 is 5.32 Å². The molecule has 2 unspecified atom stereocenters. The first-order valence-electron chi connectivity index (χ1n) is 7.14. The van der Waals surface area contributed by atoms with Crippen LogP contribution in [0.3, 0.4) is 0 Å². The van der Waals surface area contributed by atoms with Gasteiger partial charge in [-0.3, -0.25) is 0 Å². The minimum absolute atomic E-state index is 0.443. The number of hydrogen-bond donors (Lipinski definition) is 1. The predicted molar refractivity (Wildman–Crippen MR) is 69.2 cm³/mol. The third-order valence-corrected chi connectivity index (χ3v) is 4.34. The summed E-state index contributed by atoms with van der Waals surface area (Å²) in [4.78, 5) is 0. The van der Waals surface area contributed by atoms with E-state index in [9.17, 15) is 0 Å². The number of ether oxygens (including phenoxy) is 2. The Bertz CT molecular complexity index is 226. The van der Waals surface area contributed by atoms with Gasteiger partial charge in [0.2, 0.25) is 0 Å². The quantitative estimate of drug-likeness (QED) is 0.819. The van der Waals surface area contributed by atoms with Gasteiger partial charge in [-0.25, -0.2) is 0 Å². The molecule has 2 aliphatic heterocycles. The molecule has 2 aliphatic rings. The van der Waals surface area contributed by atoms with Crippen LogP contribution >= 0.6 is 0 Å². The minimum atomic E-state index is 0.443. The van der Waals surface area contributed by atoms with Gasteiger partial charge in [0.15, 0.2) is 0 Å². The molecule has 0 saturated carbocycles. The molecule has 1 N–H and O–H groups in total. The van der Waals surface area contributed by atoms with Crippen molar-refractivity contribution in [2.24, 2.45) is 5.41 Å². The van der Waals surface area contributed by atoms with Gasteiger partial charge >= 0.3 is 0 Å². The van der Waals surface area contributed by atoms with Crippen LogP contribution in [0, 0.1) is 5.41 Å². The smallest absolute Gasteiger partial charge is 0.0587 e. The molecule has 0 spiro atoms. The zero-order valence-electron chi connectivity index (χ0n) is 11.3. The Hall–Kier alpha value is -0.120. The van der Waals surface area contributed by atoms with Gasteiger partial charge in [0, 0.05) is 32.4 Å². The van der Waals surface area contributed by atoms with Gasteiger partial charge in [-0.05, 0) is 37.5 Å². The molecular weight excluding hydrogens is 214 g/mol. The summed E-state index contributed by atoms with van der Waals surface area (Å²) in [5, 5.41) is 3.76. The summed E-state index contributed by atoms with van der Waals surface area (Å²) in [6.45, 7) is 8.53. The number of hydrogen-bond acceptors (Lipinski definition) is 3. The summed E-state index contributed by atoms with van der Waals surface area (Å²) < 4.78 is 11.2. The lowest BCUT2D eigenvalue weighted by molar-refractivity contribution is -0.00831. The summed E-state index contributed by atoms with van der Waals surface area (Å²) in [5.74, 6) is 0. The fraction of sp³-hybridized carbons (Fsp3) is 1.00. The highest BCUT2D eigenvalue weighted by atomic mass is 16.5. The van der Waals surface area contributed by atoms with Crippen molar-refractivity contribution in [3.05, 3.63) is 0 Å². The van der Waals surface area contributed by atoms with Gasteiger partial charge in [0.25, 0.3) is 0 Å². The van der Waals surface area contributed by atoms with E-state index in [1.165, 1.54) is 25.7 Å². The van der Waals surface area contributed by atoms with Crippen LogP contribution in [0.15, 0.2) is 0 Å². The molecule has 100 valence electrons. The van der Waals surface area contributed by atoms with Crippen LogP contribution in [0.2, 0.25) is 0 Å². The van der Waals surface area contributed by atoms with Crippen LogP contribution in [0.5, 0.6) is 0 Å². The molecule has 0 radical (unpaired) electrons. The summed E-state index contributed by atoms with van der Waals surface area (Å²) >= 11 is 0. The predicted octanol–water partition coefficient (Wildman–Crippen LogP) is 2.35. The van der Waals surface area contributed by atoms with E-state index >= 15 is 0 Å². The molecule has 2 heterocycles. The van der Waals surface area contributed by atoms with E-state index in [-0.39, 0.29) is 0 Å².